The Hall–Kier alpha value is -2.42. The summed E-state index contributed by atoms with van der Waals surface area (Å²) >= 11 is 0. The first-order chi connectivity index (χ1) is 14.3. The molecule has 2 aromatic rings. The number of primary sulfonamides is 1. The number of hydrogen-bond acceptors (Lipinski definition) is 5. The smallest absolute Gasteiger partial charge is 0.242 e. The van der Waals surface area contributed by atoms with E-state index >= 15 is 0 Å². The fourth-order valence-corrected chi connectivity index (χ4v) is 4.80. The van der Waals surface area contributed by atoms with Crippen LogP contribution < -0.4 is 10.0 Å². The number of aryl methyl sites for hydroxylation is 1. The van der Waals surface area contributed by atoms with Crippen LogP contribution in [0.5, 0.6) is 0 Å². The van der Waals surface area contributed by atoms with Crippen LogP contribution in [-0.2, 0) is 27.8 Å². The number of carbonyl (C=O) groups is 1. The summed E-state index contributed by atoms with van der Waals surface area (Å²) in [4.78, 5) is 19.3. The molecule has 0 bridgehead atoms. The summed E-state index contributed by atoms with van der Waals surface area (Å²) in [5.41, 5.74) is 4.49. The van der Waals surface area contributed by atoms with Gasteiger partial charge in [0.2, 0.25) is 15.9 Å². The molecule has 2 aliphatic heterocycles. The minimum absolute atomic E-state index is 0.119. The number of hydrogen-bond donors (Lipinski definition) is 1. The predicted octanol–water partition coefficient (Wildman–Crippen LogP) is 1.35. The average molecular weight is 429 g/mol. The SMILES string of the molecule is Cc1ccccc1CN1CCN(C(=O)CN2CCc3cc(S(N)(=O)=O)ccc32)CC1. The standard InChI is InChI=1S/C22H28N4O3S/c1-17-4-2-3-5-19(17)15-24-10-12-25(13-11-24)22(27)16-26-9-8-18-14-20(30(23,28)29)6-7-21(18)26/h2-7,14H,8-13,15-16H2,1H3,(H2,23,28,29). The summed E-state index contributed by atoms with van der Waals surface area (Å²) in [6.07, 6.45) is 0.718. The number of nitrogens with two attached hydrogens (primary N) is 1. The molecule has 8 heteroatoms. The van der Waals surface area contributed by atoms with Crippen LogP contribution >= 0.6 is 0 Å². The van der Waals surface area contributed by atoms with E-state index in [2.05, 4.69) is 36.1 Å². The Morgan fingerprint density at radius 2 is 1.77 bits per heavy atom. The zero-order chi connectivity index (χ0) is 21.3. The number of piperazine rings is 1. The van der Waals surface area contributed by atoms with Gasteiger partial charge in [0.15, 0.2) is 0 Å². The number of sulfonamides is 1. The summed E-state index contributed by atoms with van der Waals surface area (Å²) < 4.78 is 23.1. The number of rotatable bonds is 5. The highest BCUT2D eigenvalue weighted by Crippen LogP contribution is 2.29. The van der Waals surface area contributed by atoms with E-state index in [9.17, 15) is 13.2 Å². The first-order valence-electron chi connectivity index (χ1n) is 10.3. The Bertz CT molecular complexity index is 1050. The lowest BCUT2D eigenvalue weighted by Gasteiger charge is -2.36. The second-order valence-electron chi connectivity index (χ2n) is 8.09. The van der Waals surface area contributed by atoms with E-state index in [4.69, 9.17) is 5.14 Å². The molecule has 0 aromatic heterocycles. The third-order valence-electron chi connectivity index (χ3n) is 6.08. The van der Waals surface area contributed by atoms with Gasteiger partial charge in [0.1, 0.15) is 0 Å². The molecule has 2 aliphatic rings. The monoisotopic (exact) mass is 428 g/mol. The topological polar surface area (TPSA) is 86.9 Å². The van der Waals surface area contributed by atoms with Crippen LogP contribution in [0.15, 0.2) is 47.4 Å². The van der Waals surface area contributed by atoms with Gasteiger partial charge in [-0.15, -0.1) is 0 Å². The van der Waals surface area contributed by atoms with E-state index in [1.54, 1.807) is 12.1 Å². The highest BCUT2D eigenvalue weighted by Gasteiger charge is 2.27. The van der Waals surface area contributed by atoms with Crippen LogP contribution in [-0.4, -0.2) is 63.4 Å². The lowest BCUT2D eigenvalue weighted by atomic mass is 10.1. The quantitative estimate of drug-likeness (QED) is 0.777. The van der Waals surface area contributed by atoms with Crippen molar-refractivity contribution in [3.63, 3.8) is 0 Å². The van der Waals surface area contributed by atoms with Crippen LogP contribution in [0.25, 0.3) is 0 Å². The van der Waals surface area contributed by atoms with Crippen LogP contribution in [0.2, 0.25) is 0 Å². The Balaban J connectivity index is 1.33. The Morgan fingerprint density at radius 1 is 1.03 bits per heavy atom. The maximum atomic E-state index is 12.9. The van der Waals surface area contributed by atoms with Crippen LogP contribution in [0, 0.1) is 6.92 Å². The van der Waals surface area contributed by atoms with E-state index in [1.165, 1.54) is 17.2 Å². The number of anilines is 1. The molecule has 1 fully saturated rings. The van der Waals surface area contributed by atoms with E-state index < -0.39 is 10.0 Å². The molecule has 160 valence electrons. The van der Waals surface area contributed by atoms with Crippen molar-refractivity contribution < 1.29 is 13.2 Å². The maximum absolute atomic E-state index is 12.9. The molecule has 0 unspecified atom stereocenters. The fourth-order valence-electron chi connectivity index (χ4n) is 4.23. The highest BCUT2D eigenvalue weighted by molar-refractivity contribution is 7.89. The molecule has 4 rings (SSSR count). The summed E-state index contributed by atoms with van der Waals surface area (Å²) in [6.45, 7) is 7.28. The third kappa shape index (κ3) is 4.50. The molecule has 1 amide bonds. The van der Waals surface area contributed by atoms with Crippen molar-refractivity contribution in [2.24, 2.45) is 5.14 Å². The van der Waals surface area contributed by atoms with Crippen molar-refractivity contribution in [2.45, 2.75) is 24.8 Å². The van der Waals surface area contributed by atoms with Gasteiger partial charge in [-0.05, 0) is 48.2 Å². The second kappa shape index (κ2) is 8.37. The summed E-state index contributed by atoms with van der Waals surface area (Å²) in [6, 6.07) is 13.3. The zero-order valence-electron chi connectivity index (χ0n) is 17.3. The normalized spacial score (nSPS) is 17.3. The maximum Gasteiger partial charge on any atom is 0.242 e. The van der Waals surface area contributed by atoms with Crippen molar-refractivity contribution in [2.75, 3.05) is 44.2 Å². The molecule has 0 aliphatic carbocycles. The van der Waals surface area contributed by atoms with E-state index in [-0.39, 0.29) is 10.8 Å². The lowest BCUT2D eigenvalue weighted by Crippen LogP contribution is -2.50. The molecule has 0 spiro atoms. The minimum Gasteiger partial charge on any atom is -0.362 e. The molecule has 1 saturated heterocycles. The van der Waals surface area contributed by atoms with Crippen LogP contribution in [0.4, 0.5) is 5.69 Å². The van der Waals surface area contributed by atoms with Crippen molar-refractivity contribution in [3.8, 4) is 0 Å². The Labute approximate surface area is 178 Å². The van der Waals surface area contributed by atoms with Gasteiger partial charge in [-0.1, -0.05) is 24.3 Å². The van der Waals surface area contributed by atoms with E-state index in [0.717, 1.165) is 50.4 Å². The third-order valence-corrected chi connectivity index (χ3v) is 6.99. The van der Waals surface area contributed by atoms with Gasteiger partial charge in [-0.2, -0.15) is 0 Å². The Kier molecular flexibility index (Phi) is 5.81. The van der Waals surface area contributed by atoms with Gasteiger partial charge in [0.25, 0.3) is 0 Å². The number of fused-ring (bicyclic) bond motifs is 1. The number of amides is 1. The van der Waals surface area contributed by atoms with Gasteiger partial charge in [-0.25, -0.2) is 13.6 Å². The summed E-state index contributed by atoms with van der Waals surface area (Å²) in [7, 11) is -3.71. The fraction of sp³-hybridized carbons (Fsp3) is 0.409. The van der Waals surface area contributed by atoms with Crippen molar-refractivity contribution >= 4 is 21.6 Å². The number of carbonyl (C=O) groups excluding carboxylic acids is 1. The lowest BCUT2D eigenvalue weighted by molar-refractivity contribution is -0.131. The first-order valence-corrected chi connectivity index (χ1v) is 11.8. The molecule has 0 radical (unpaired) electrons. The van der Waals surface area contributed by atoms with Gasteiger partial charge >= 0.3 is 0 Å². The number of nitrogens with zero attached hydrogens (tertiary/aromatic N) is 3. The predicted molar refractivity (Wildman–Crippen MR) is 117 cm³/mol. The Morgan fingerprint density at radius 3 is 2.47 bits per heavy atom. The first kappa shape index (κ1) is 20.8. The largest absolute Gasteiger partial charge is 0.362 e. The van der Waals surface area contributed by atoms with Gasteiger partial charge in [0.05, 0.1) is 11.4 Å². The highest BCUT2D eigenvalue weighted by atomic mass is 32.2. The average Bonchev–Trinajstić information content (AvgIpc) is 3.12. The van der Waals surface area contributed by atoms with Gasteiger partial charge in [-0.3, -0.25) is 9.69 Å². The molecule has 2 heterocycles. The van der Waals surface area contributed by atoms with Crippen molar-refractivity contribution in [1.82, 2.24) is 9.80 Å². The summed E-state index contributed by atoms with van der Waals surface area (Å²) in [5.74, 6) is 0.119. The summed E-state index contributed by atoms with van der Waals surface area (Å²) in [5, 5.41) is 5.23. The molecule has 2 N–H and O–H groups in total. The van der Waals surface area contributed by atoms with Gasteiger partial charge < -0.3 is 9.80 Å². The zero-order valence-corrected chi connectivity index (χ0v) is 18.1. The molecular weight excluding hydrogens is 400 g/mol. The number of benzene rings is 2. The minimum atomic E-state index is -3.71. The van der Waals surface area contributed by atoms with Crippen molar-refractivity contribution in [3.05, 3.63) is 59.2 Å². The van der Waals surface area contributed by atoms with Crippen LogP contribution in [0.3, 0.4) is 0 Å². The molecule has 30 heavy (non-hydrogen) atoms. The molecular formula is C22H28N4O3S. The molecule has 0 saturated carbocycles. The van der Waals surface area contributed by atoms with Crippen LogP contribution in [0.1, 0.15) is 16.7 Å². The van der Waals surface area contributed by atoms with Crippen molar-refractivity contribution in [1.29, 1.82) is 0 Å². The molecule has 7 nitrogen and oxygen atoms in total. The second-order valence-corrected chi connectivity index (χ2v) is 9.65. The molecule has 2 aromatic carbocycles. The van der Waals surface area contributed by atoms with E-state index in [0.29, 0.717) is 13.1 Å². The molecule has 0 atom stereocenters. The van der Waals surface area contributed by atoms with E-state index in [1.807, 2.05) is 9.80 Å². The van der Waals surface area contributed by atoms with Gasteiger partial charge in [0, 0.05) is 45.0 Å².